The number of aromatic nitrogens is 1. The Bertz CT molecular complexity index is 623. The number of pyridine rings is 1. The fourth-order valence-corrected chi connectivity index (χ4v) is 2.41. The zero-order valence-corrected chi connectivity index (χ0v) is 10.2. The quantitative estimate of drug-likeness (QED) is 0.763. The number of nitriles is 1. The highest BCUT2D eigenvalue weighted by molar-refractivity contribution is 5.67. The van der Waals surface area contributed by atoms with E-state index in [2.05, 4.69) is 28.9 Å². The Kier molecular flexibility index (Phi) is 2.49. The molecule has 0 fully saturated rings. The Morgan fingerprint density at radius 1 is 1.22 bits per heavy atom. The molecule has 0 atom stereocenters. The van der Waals surface area contributed by atoms with Crippen LogP contribution in [0.5, 0.6) is 0 Å². The van der Waals surface area contributed by atoms with Gasteiger partial charge in [-0.2, -0.15) is 5.26 Å². The van der Waals surface area contributed by atoms with Crippen molar-refractivity contribution in [3.05, 3.63) is 53.2 Å². The Morgan fingerprint density at radius 3 is 2.72 bits per heavy atom. The molecule has 1 aromatic carbocycles. The Balaban J connectivity index is 2.01. The number of hydrogen-bond donors (Lipinski definition) is 0. The van der Waals surface area contributed by atoms with Crippen LogP contribution in [-0.4, -0.2) is 11.5 Å². The van der Waals surface area contributed by atoms with Gasteiger partial charge < -0.3 is 4.90 Å². The van der Waals surface area contributed by atoms with Gasteiger partial charge in [0.1, 0.15) is 5.82 Å². The molecule has 1 aliphatic rings. The molecule has 2 aromatic rings. The molecule has 0 aliphatic carbocycles. The van der Waals surface area contributed by atoms with Crippen molar-refractivity contribution in [3.63, 3.8) is 0 Å². The molecule has 0 unspecified atom stereocenters. The van der Waals surface area contributed by atoms with Gasteiger partial charge in [0.05, 0.1) is 11.6 Å². The van der Waals surface area contributed by atoms with E-state index in [1.807, 2.05) is 30.5 Å². The van der Waals surface area contributed by atoms with E-state index in [0.717, 1.165) is 24.5 Å². The number of nitrogens with zero attached hydrogens (tertiary/aromatic N) is 3. The van der Waals surface area contributed by atoms with Crippen LogP contribution < -0.4 is 4.90 Å². The average molecular weight is 235 g/mol. The van der Waals surface area contributed by atoms with Crippen LogP contribution in [0, 0.1) is 18.3 Å². The summed E-state index contributed by atoms with van der Waals surface area (Å²) in [7, 11) is 0. The Morgan fingerprint density at radius 2 is 2.00 bits per heavy atom. The highest BCUT2D eigenvalue weighted by Crippen LogP contribution is 2.33. The molecular formula is C15H13N3. The molecule has 1 aliphatic heterocycles. The highest BCUT2D eigenvalue weighted by Gasteiger charge is 2.22. The second-order valence-electron chi connectivity index (χ2n) is 4.49. The van der Waals surface area contributed by atoms with E-state index in [4.69, 9.17) is 5.26 Å². The van der Waals surface area contributed by atoms with Crippen LogP contribution in [0.1, 0.15) is 16.7 Å². The van der Waals surface area contributed by atoms with Gasteiger partial charge in [0.2, 0.25) is 0 Å². The summed E-state index contributed by atoms with van der Waals surface area (Å²) in [5.41, 5.74) is 4.43. The average Bonchev–Trinajstić information content (AvgIpc) is 2.84. The van der Waals surface area contributed by atoms with Crippen LogP contribution in [-0.2, 0) is 6.42 Å². The Hall–Kier alpha value is -2.34. The van der Waals surface area contributed by atoms with Crippen molar-refractivity contribution < 1.29 is 0 Å². The predicted octanol–water partition coefficient (Wildman–Crippen LogP) is 2.96. The number of fused-ring (bicyclic) bond motifs is 1. The lowest BCUT2D eigenvalue weighted by Gasteiger charge is -2.18. The molecule has 18 heavy (non-hydrogen) atoms. The smallest absolute Gasteiger partial charge is 0.136 e. The maximum absolute atomic E-state index is 8.81. The fourth-order valence-electron chi connectivity index (χ4n) is 2.41. The first-order valence-electron chi connectivity index (χ1n) is 6.02. The SMILES string of the molecule is Cc1ccnc2c1CCN2c1ccc(C#N)cc1. The maximum atomic E-state index is 8.81. The van der Waals surface area contributed by atoms with Gasteiger partial charge in [-0.15, -0.1) is 0 Å². The normalized spacial score (nSPS) is 13.2. The lowest BCUT2D eigenvalue weighted by Crippen LogP contribution is -2.14. The van der Waals surface area contributed by atoms with Gasteiger partial charge in [-0.1, -0.05) is 0 Å². The van der Waals surface area contributed by atoms with Crippen molar-refractivity contribution in [2.45, 2.75) is 13.3 Å². The largest absolute Gasteiger partial charge is 0.326 e. The third-order valence-corrected chi connectivity index (χ3v) is 3.42. The van der Waals surface area contributed by atoms with Crippen molar-refractivity contribution in [2.24, 2.45) is 0 Å². The first kappa shape index (κ1) is 10.8. The van der Waals surface area contributed by atoms with E-state index in [9.17, 15) is 0 Å². The second kappa shape index (κ2) is 4.15. The lowest BCUT2D eigenvalue weighted by atomic mass is 10.1. The van der Waals surface area contributed by atoms with Crippen molar-refractivity contribution in [2.75, 3.05) is 11.4 Å². The highest BCUT2D eigenvalue weighted by atomic mass is 15.2. The Labute approximate surface area is 106 Å². The van der Waals surface area contributed by atoms with Crippen molar-refractivity contribution in [3.8, 4) is 6.07 Å². The van der Waals surface area contributed by atoms with E-state index in [0.29, 0.717) is 5.56 Å². The first-order valence-corrected chi connectivity index (χ1v) is 6.02. The first-order chi connectivity index (χ1) is 8.79. The molecule has 3 rings (SSSR count). The summed E-state index contributed by atoms with van der Waals surface area (Å²) >= 11 is 0. The summed E-state index contributed by atoms with van der Waals surface area (Å²) in [6, 6.07) is 11.9. The van der Waals surface area contributed by atoms with Gasteiger partial charge in [-0.25, -0.2) is 4.98 Å². The summed E-state index contributed by atoms with van der Waals surface area (Å²) in [6.45, 7) is 3.09. The molecule has 0 amide bonds. The number of anilines is 2. The predicted molar refractivity (Wildman–Crippen MR) is 70.8 cm³/mol. The van der Waals surface area contributed by atoms with Crippen LogP contribution in [0.25, 0.3) is 0 Å². The third kappa shape index (κ3) is 1.63. The minimum absolute atomic E-state index is 0.690. The van der Waals surface area contributed by atoms with Crippen molar-refractivity contribution in [1.82, 2.24) is 4.98 Å². The van der Waals surface area contributed by atoms with Gasteiger partial charge in [-0.05, 0) is 54.8 Å². The molecule has 0 spiro atoms. The van der Waals surface area contributed by atoms with Crippen molar-refractivity contribution in [1.29, 1.82) is 5.26 Å². The minimum atomic E-state index is 0.690. The van der Waals surface area contributed by atoms with Crippen LogP contribution in [0.4, 0.5) is 11.5 Å². The van der Waals surface area contributed by atoms with Crippen LogP contribution in [0.3, 0.4) is 0 Å². The molecule has 2 heterocycles. The third-order valence-electron chi connectivity index (χ3n) is 3.42. The van der Waals surface area contributed by atoms with Crippen LogP contribution >= 0.6 is 0 Å². The molecule has 3 heteroatoms. The second-order valence-corrected chi connectivity index (χ2v) is 4.49. The molecule has 0 saturated carbocycles. The van der Waals surface area contributed by atoms with Gasteiger partial charge >= 0.3 is 0 Å². The number of rotatable bonds is 1. The summed E-state index contributed by atoms with van der Waals surface area (Å²) in [6.07, 6.45) is 2.89. The topological polar surface area (TPSA) is 39.9 Å². The molecule has 0 N–H and O–H groups in total. The van der Waals surface area contributed by atoms with Crippen LogP contribution in [0.15, 0.2) is 36.5 Å². The van der Waals surface area contributed by atoms with Gasteiger partial charge in [0.25, 0.3) is 0 Å². The summed E-state index contributed by atoms with van der Waals surface area (Å²) in [5, 5.41) is 8.81. The van der Waals surface area contributed by atoms with Crippen molar-refractivity contribution >= 4 is 11.5 Å². The van der Waals surface area contributed by atoms with E-state index >= 15 is 0 Å². The van der Waals surface area contributed by atoms with E-state index in [-0.39, 0.29) is 0 Å². The molecule has 88 valence electrons. The van der Waals surface area contributed by atoms with Crippen LogP contribution in [0.2, 0.25) is 0 Å². The molecule has 3 nitrogen and oxygen atoms in total. The van der Waals surface area contributed by atoms with Gasteiger partial charge in [0.15, 0.2) is 0 Å². The molecule has 0 saturated heterocycles. The lowest BCUT2D eigenvalue weighted by molar-refractivity contribution is 0.988. The minimum Gasteiger partial charge on any atom is -0.326 e. The standard InChI is InChI=1S/C15H13N3/c1-11-6-8-17-15-14(11)7-9-18(15)13-4-2-12(10-16)3-5-13/h2-6,8H,7,9H2,1H3. The zero-order valence-electron chi connectivity index (χ0n) is 10.2. The maximum Gasteiger partial charge on any atom is 0.136 e. The van der Waals surface area contributed by atoms with E-state index in [1.165, 1.54) is 11.1 Å². The summed E-state index contributed by atoms with van der Waals surface area (Å²) in [5.74, 6) is 1.06. The summed E-state index contributed by atoms with van der Waals surface area (Å²) < 4.78 is 0. The van der Waals surface area contributed by atoms with E-state index < -0.39 is 0 Å². The number of aryl methyl sites for hydroxylation is 1. The van der Waals surface area contributed by atoms with E-state index in [1.54, 1.807) is 0 Å². The molecule has 0 radical (unpaired) electrons. The zero-order chi connectivity index (χ0) is 12.5. The summed E-state index contributed by atoms with van der Waals surface area (Å²) in [4.78, 5) is 6.69. The molecular weight excluding hydrogens is 222 g/mol. The van der Waals surface area contributed by atoms with Gasteiger partial charge in [-0.3, -0.25) is 0 Å². The fraction of sp³-hybridized carbons (Fsp3) is 0.200. The number of hydrogen-bond acceptors (Lipinski definition) is 3. The number of benzene rings is 1. The molecule has 0 bridgehead atoms. The molecule has 1 aromatic heterocycles. The monoisotopic (exact) mass is 235 g/mol. The van der Waals surface area contributed by atoms with Gasteiger partial charge in [0, 0.05) is 18.4 Å².